The Hall–Kier alpha value is -3.12. The number of nitrogens with zero attached hydrogens (tertiary/aromatic N) is 1. The van der Waals surface area contributed by atoms with E-state index in [1.54, 1.807) is 4.13 Å². The summed E-state index contributed by atoms with van der Waals surface area (Å²) in [6, 6.07) is 16.2. The van der Waals surface area contributed by atoms with Gasteiger partial charge in [0.2, 0.25) is 0 Å². The first-order chi connectivity index (χ1) is 21.2. The summed E-state index contributed by atoms with van der Waals surface area (Å²) in [6.07, 6.45) is 2.00. The standard InChI is InChI=1S/C29H32F4NO9S3/c1-4-20(2)23-9-10-24-17-21(7-8-25(24)19-23)18-27(42-16-6-5-15-35)22-11-13-26(14-12-22)43-46(40,41)29(32,33)28(30,31)45(38,39)34-44(3,36)37/h7-15,17,19-20,27H,4-6,16,18H2,1-3H3/q-1. The highest BCUT2D eigenvalue weighted by atomic mass is 32.3. The van der Waals surface area contributed by atoms with Crippen LogP contribution in [0.3, 0.4) is 0 Å². The van der Waals surface area contributed by atoms with E-state index >= 15 is 0 Å². The van der Waals surface area contributed by atoms with Crippen LogP contribution in [0.25, 0.3) is 14.9 Å². The maximum Gasteiger partial charge on any atom is 0.456 e. The number of carbonyl (C=O) groups excluding carboxylic acids is 1. The van der Waals surface area contributed by atoms with Gasteiger partial charge in [-0.15, -0.1) is 0 Å². The fourth-order valence-electron chi connectivity index (χ4n) is 4.30. The highest BCUT2D eigenvalue weighted by molar-refractivity contribution is 8.12. The fraction of sp³-hybridized carbons (Fsp3) is 0.414. The molecule has 0 saturated carbocycles. The predicted molar refractivity (Wildman–Crippen MR) is 163 cm³/mol. The molecular formula is C29H32F4NO9S3-. The van der Waals surface area contributed by atoms with Crippen LogP contribution >= 0.6 is 0 Å². The minimum Gasteiger partial charge on any atom is -0.431 e. The normalized spacial score (nSPS) is 14.6. The first kappa shape index (κ1) is 37.3. The lowest BCUT2D eigenvalue weighted by Gasteiger charge is -2.30. The van der Waals surface area contributed by atoms with Crippen molar-refractivity contribution >= 4 is 47.2 Å². The van der Waals surface area contributed by atoms with Crippen LogP contribution in [0.5, 0.6) is 5.75 Å². The molecule has 0 aromatic heterocycles. The van der Waals surface area contributed by atoms with E-state index in [-0.39, 0.29) is 19.3 Å². The van der Waals surface area contributed by atoms with E-state index in [0.717, 1.165) is 41.2 Å². The predicted octanol–water partition coefficient (Wildman–Crippen LogP) is 6.19. The Balaban J connectivity index is 1.86. The molecular weight excluding hydrogens is 679 g/mol. The molecule has 2 atom stereocenters. The Labute approximate surface area is 265 Å². The second kappa shape index (κ2) is 14.3. The van der Waals surface area contributed by atoms with Crippen molar-refractivity contribution in [2.75, 3.05) is 12.9 Å². The summed E-state index contributed by atoms with van der Waals surface area (Å²) in [5, 5.41) is -10.9. The van der Waals surface area contributed by atoms with Gasteiger partial charge in [-0.1, -0.05) is 62.4 Å². The molecule has 0 fully saturated rings. The summed E-state index contributed by atoms with van der Waals surface area (Å²) in [7, 11) is -18.7. The number of hydrogen-bond donors (Lipinski definition) is 0. The zero-order chi connectivity index (χ0) is 34.6. The van der Waals surface area contributed by atoms with Crippen LogP contribution in [0.1, 0.15) is 61.8 Å². The van der Waals surface area contributed by atoms with Crippen molar-refractivity contribution < 1.29 is 56.5 Å². The number of benzene rings is 3. The molecule has 0 amide bonds. The summed E-state index contributed by atoms with van der Waals surface area (Å²) >= 11 is 0. The van der Waals surface area contributed by atoms with Crippen LogP contribution in [0.2, 0.25) is 0 Å². The molecule has 254 valence electrons. The van der Waals surface area contributed by atoms with Crippen LogP contribution in [0, 0.1) is 0 Å². The third-order valence-electron chi connectivity index (χ3n) is 6.98. The number of carbonyl (C=O) groups is 1. The summed E-state index contributed by atoms with van der Waals surface area (Å²) in [6.45, 7) is 4.40. The number of halogens is 4. The summed E-state index contributed by atoms with van der Waals surface area (Å²) in [4.78, 5) is 10.7. The van der Waals surface area contributed by atoms with Gasteiger partial charge in [0.1, 0.15) is 12.0 Å². The third kappa shape index (κ3) is 8.61. The minimum absolute atomic E-state index is 0.0357. The second-order valence-corrected chi connectivity index (χ2v) is 15.7. The number of hydrogen-bond acceptors (Lipinski definition) is 9. The molecule has 0 radical (unpaired) electrons. The van der Waals surface area contributed by atoms with Gasteiger partial charge in [-0.05, 0) is 58.4 Å². The van der Waals surface area contributed by atoms with Gasteiger partial charge < -0.3 is 17.8 Å². The maximum absolute atomic E-state index is 14.4. The first-order valence-electron chi connectivity index (χ1n) is 13.8. The molecule has 0 N–H and O–H groups in total. The molecule has 3 aromatic rings. The molecule has 3 rings (SSSR count). The molecule has 0 aliphatic carbocycles. The summed E-state index contributed by atoms with van der Waals surface area (Å²) in [5.41, 5.74) is 2.47. The van der Waals surface area contributed by atoms with Crippen LogP contribution in [0.4, 0.5) is 17.6 Å². The highest BCUT2D eigenvalue weighted by Gasteiger charge is 2.72. The van der Waals surface area contributed by atoms with Gasteiger partial charge >= 0.3 is 20.6 Å². The maximum atomic E-state index is 14.4. The number of sulfonamides is 2. The molecule has 17 heteroatoms. The number of fused-ring (bicyclic) bond motifs is 1. The van der Waals surface area contributed by atoms with Gasteiger partial charge in [-0.2, -0.15) is 26.0 Å². The lowest BCUT2D eigenvalue weighted by atomic mass is 9.94. The fourth-order valence-corrected chi connectivity index (χ4v) is 7.78. The van der Waals surface area contributed by atoms with Crippen molar-refractivity contribution in [3.05, 3.63) is 81.5 Å². The topological polar surface area (TPSA) is 152 Å². The molecule has 46 heavy (non-hydrogen) atoms. The van der Waals surface area contributed by atoms with Gasteiger partial charge in [-0.3, -0.25) is 0 Å². The Bertz CT molecular complexity index is 1870. The SMILES string of the molecule is CCC(C)c1ccc2cc(CC(OCCCC=O)c3ccc(OS(=O)(=O)C(F)(F)C(F)(F)S(=O)(=O)[N-]S(C)(=O)=O)cc3)ccc2c1. The molecule has 0 aliphatic heterocycles. The van der Waals surface area contributed by atoms with E-state index in [1.807, 2.05) is 24.3 Å². The van der Waals surface area contributed by atoms with Crippen LogP contribution < -0.4 is 4.18 Å². The first-order valence-corrected chi connectivity index (χ1v) is 18.5. The van der Waals surface area contributed by atoms with Crippen LogP contribution in [-0.4, -0.2) is 54.9 Å². The lowest BCUT2D eigenvalue weighted by Crippen LogP contribution is -2.53. The number of rotatable bonds is 17. The number of aldehydes is 1. The molecule has 0 spiro atoms. The largest absolute Gasteiger partial charge is 0.456 e. The van der Waals surface area contributed by atoms with E-state index in [0.29, 0.717) is 24.3 Å². The van der Waals surface area contributed by atoms with Crippen molar-refractivity contribution in [1.82, 2.24) is 0 Å². The molecule has 3 aromatic carbocycles. The van der Waals surface area contributed by atoms with Gasteiger partial charge in [-0.25, -0.2) is 16.8 Å². The Kier molecular flexibility index (Phi) is 11.6. The van der Waals surface area contributed by atoms with Crippen LogP contribution in [-0.2, 0) is 46.1 Å². The van der Waals surface area contributed by atoms with Crippen molar-refractivity contribution in [2.45, 2.75) is 62.1 Å². The third-order valence-corrected chi connectivity index (χ3v) is 11.2. The van der Waals surface area contributed by atoms with Gasteiger partial charge in [0.05, 0.1) is 16.1 Å². The summed E-state index contributed by atoms with van der Waals surface area (Å²) in [5.74, 6) is -0.486. The smallest absolute Gasteiger partial charge is 0.431 e. The Morgan fingerprint density at radius 1 is 0.848 bits per heavy atom. The molecule has 0 aliphatic rings. The lowest BCUT2D eigenvalue weighted by molar-refractivity contribution is -0.108. The van der Waals surface area contributed by atoms with Crippen molar-refractivity contribution in [2.24, 2.45) is 0 Å². The number of ether oxygens (including phenoxy) is 1. The molecule has 0 heterocycles. The second-order valence-electron chi connectivity index (χ2n) is 10.5. The number of alkyl halides is 4. The molecule has 0 bridgehead atoms. The van der Waals surface area contributed by atoms with Gasteiger partial charge in [0.25, 0.3) is 0 Å². The molecule has 0 saturated heterocycles. The number of unbranched alkanes of at least 4 members (excludes halogenated alkanes) is 1. The zero-order valence-electron chi connectivity index (χ0n) is 24.9. The quantitative estimate of drug-likeness (QED) is 0.0691. The van der Waals surface area contributed by atoms with Gasteiger partial charge in [0, 0.05) is 25.7 Å². The average molecular weight is 711 g/mol. The zero-order valence-corrected chi connectivity index (χ0v) is 27.3. The minimum atomic E-state index is -6.88. The monoisotopic (exact) mass is 710 g/mol. The van der Waals surface area contributed by atoms with Gasteiger partial charge in [0.15, 0.2) is 10.0 Å². The molecule has 10 nitrogen and oxygen atoms in total. The molecule has 2 unspecified atom stereocenters. The van der Waals surface area contributed by atoms with E-state index in [1.165, 1.54) is 17.7 Å². The summed E-state index contributed by atoms with van der Waals surface area (Å²) < 4.78 is 139. The van der Waals surface area contributed by atoms with E-state index in [4.69, 9.17) is 4.74 Å². The van der Waals surface area contributed by atoms with Crippen LogP contribution in [0.15, 0.2) is 60.7 Å². The average Bonchev–Trinajstić information content (AvgIpc) is 2.96. The Morgan fingerprint density at radius 3 is 2.02 bits per heavy atom. The van der Waals surface area contributed by atoms with Crippen molar-refractivity contribution in [3.8, 4) is 5.75 Å². The highest BCUT2D eigenvalue weighted by Crippen LogP contribution is 2.46. The van der Waals surface area contributed by atoms with Crippen molar-refractivity contribution in [1.29, 1.82) is 0 Å². The van der Waals surface area contributed by atoms with Crippen molar-refractivity contribution in [3.63, 3.8) is 0 Å². The van der Waals surface area contributed by atoms with E-state index < -0.39 is 52.5 Å². The Morgan fingerprint density at radius 2 is 1.43 bits per heavy atom. The van der Waals surface area contributed by atoms with E-state index in [2.05, 4.69) is 30.2 Å². The van der Waals surface area contributed by atoms with E-state index in [9.17, 15) is 47.6 Å².